The molecular weight excluding hydrogens is 886 g/mol. The summed E-state index contributed by atoms with van der Waals surface area (Å²) in [4.78, 5) is 0. The maximum absolute atomic E-state index is 5.89. The van der Waals surface area contributed by atoms with E-state index in [1.165, 1.54) is 54.3 Å². The molecule has 6 rings (SSSR count). The van der Waals surface area contributed by atoms with Crippen molar-refractivity contribution >= 4 is 70.7 Å². The van der Waals surface area contributed by atoms with Crippen LogP contribution < -0.4 is 9.81 Å². The van der Waals surface area contributed by atoms with Crippen molar-refractivity contribution in [3.8, 4) is 11.1 Å². The molecule has 0 bridgehead atoms. The fourth-order valence-corrected chi connectivity index (χ4v) is 26.1. The Morgan fingerprint density at radius 3 is 1.52 bits per heavy atom. The Bertz CT molecular complexity index is 2090. The topological polar surface area (TPSA) is 0 Å². The van der Waals surface area contributed by atoms with E-state index in [0.717, 1.165) is 21.8 Å². The first-order valence-corrected chi connectivity index (χ1v) is 26.5. The normalized spacial score (nSPS) is 14.7. The molecule has 0 amide bonds. The first-order valence-electron chi connectivity index (χ1n) is 18.3. The van der Waals surface area contributed by atoms with E-state index in [0.29, 0.717) is 0 Å². The molecule has 52 heavy (non-hydrogen) atoms. The Balaban J connectivity index is 0.00000302. The van der Waals surface area contributed by atoms with Gasteiger partial charge in [0.25, 0.3) is 0 Å². The van der Waals surface area contributed by atoms with Gasteiger partial charge < -0.3 is 0 Å². The van der Waals surface area contributed by atoms with Gasteiger partial charge in [-0.15, -0.1) is 24.8 Å². The van der Waals surface area contributed by atoms with Crippen molar-refractivity contribution in [2.24, 2.45) is 0 Å². The van der Waals surface area contributed by atoms with Gasteiger partial charge in [0.15, 0.2) is 0 Å². The van der Waals surface area contributed by atoms with Crippen LogP contribution in [-0.2, 0) is 46.4 Å². The second-order valence-corrected chi connectivity index (χ2v) is 33.9. The van der Waals surface area contributed by atoms with E-state index in [4.69, 9.17) is 4.21 Å². The molecule has 0 spiro atoms. The van der Waals surface area contributed by atoms with Gasteiger partial charge in [0, 0.05) is 0 Å². The molecule has 0 aromatic heterocycles. The summed E-state index contributed by atoms with van der Waals surface area (Å²) in [5, 5.41) is 0. The van der Waals surface area contributed by atoms with Gasteiger partial charge in [0.2, 0.25) is 0 Å². The zero-order valence-electron chi connectivity index (χ0n) is 33.3. The fraction of sp³-hybridized carbons (Fsp3) is 0.383. The summed E-state index contributed by atoms with van der Waals surface area (Å²) in [6.45, 7) is 28.8. The SMILES string of the molecule is Cl.Cl.[CH2]=[Zr]([C]1=CC=CC1)([c]1ccc(Br)cc1)([c]1ccc(Br)cc1)[c]1c2c(cc(C(C)(C)C)c1C(C)(C)C)-c1c(cc(C(C)(C)C)cc1C(C)(C)C)C2. The average Bonchev–Trinajstić information content (AvgIpc) is 3.67. The van der Waals surface area contributed by atoms with E-state index in [9.17, 15) is 0 Å². The summed E-state index contributed by atoms with van der Waals surface area (Å²) in [5.41, 5.74) is 11.5. The molecule has 0 saturated carbocycles. The van der Waals surface area contributed by atoms with Crippen LogP contribution in [-0.4, -0.2) is 4.21 Å². The Hall–Kier alpha value is -1.35. The van der Waals surface area contributed by atoms with Crippen molar-refractivity contribution in [1.29, 1.82) is 0 Å². The first-order chi connectivity index (χ1) is 23.0. The minimum atomic E-state index is -5.07. The van der Waals surface area contributed by atoms with Crippen LogP contribution in [0.4, 0.5) is 0 Å². The molecule has 0 saturated heterocycles. The van der Waals surface area contributed by atoms with Crippen LogP contribution in [0.15, 0.2) is 97.2 Å². The van der Waals surface area contributed by atoms with Crippen LogP contribution in [0.5, 0.6) is 0 Å². The van der Waals surface area contributed by atoms with Gasteiger partial charge in [-0.1, -0.05) is 0 Å². The summed E-state index contributed by atoms with van der Waals surface area (Å²) >= 11 is 2.54. The van der Waals surface area contributed by atoms with Crippen molar-refractivity contribution in [2.45, 2.75) is 118 Å². The number of benzene rings is 4. The fourth-order valence-electron chi connectivity index (χ4n) is 8.96. The first kappa shape index (κ1) is 43.4. The van der Waals surface area contributed by atoms with Gasteiger partial charge in [0.1, 0.15) is 0 Å². The predicted octanol–water partition coefficient (Wildman–Crippen LogP) is 13.1. The average molecular weight is 945 g/mol. The minimum absolute atomic E-state index is 0. The molecule has 0 aliphatic heterocycles. The summed E-state index contributed by atoms with van der Waals surface area (Å²) < 4.78 is 14.0. The van der Waals surface area contributed by atoms with Crippen LogP contribution in [0, 0.1) is 0 Å². The number of hydrogen-bond acceptors (Lipinski definition) is 0. The molecule has 0 unspecified atom stereocenters. The molecular formula is C47H58Br2Cl2Zr. The van der Waals surface area contributed by atoms with Crippen LogP contribution >= 0.6 is 56.7 Å². The summed E-state index contributed by atoms with van der Waals surface area (Å²) in [7, 11) is 0. The number of hydrogen-bond donors (Lipinski definition) is 0. The third-order valence-electron chi connectivity index (χ3n) is 11.5. The number of rotatable bonds is 4. The molecule has 4 aromatic carbocycles. The summed E-state index contributed by atoms with van der Waals surface area (Å²) in [6, 6.07) is 26.4. The van der Waals surface area contributed by atoms with Gasteiger partial charge >= 0.3 is 323 Å². The van der Waals surface area contributed by atoms with Gasteiger partial charge in [-0.3, -0.25) is 0 Å². The third-order valence-corrected chi connectivity index (χ3v) is 28.9. The van der Waals surface area contributed by atoms with Gasteiger partial charge in [-0.25, -0.2) is 0 Å². The molecule has 0 N–H and O–H groups in total. The zero-order chi connectivity index (χ0) is 36.8. The quantitative estimate of drug-likeness (QED) is 0.168. The number of allylic oxidation sites excluding steroid dienone is 4. The summed E-state index contributed by atoms with van der Waals surface area (Å²) in [6.07, 6.45) is 8.95. The maximum atomic E-state index is 5.89. The Morgan fingerprint density at radius 1 is 0.615 bits per heavy atom. The Labute approximate surface area is 345 Å². The molecule has 5 heteroatoms. The van der Waals surface area contributed by atoms with Crippen LogP contribution in [0.3, 0.4) is 0 Å². The number of fused-ring (bicyclic) bond motifs is 3. The van der Waals surface area contributed by atoms with E-state index in [1.54, 1.807) is 3.27 Å². The molecule has 0 heterocycles. The van der Waals surface area contributed by atoms with E-state index < -0.39 is 18.3 Å². The molecule has 0 radical (unpaired) electrons. The van der Waals surface area contributed by atoms with Crippen molar-refractivity contribution in [1.82, 2.24) is 0 Å². The van der Waals surface area contributed by atoms with Gasteiger partial charge in [-0.2, -0.15) is 0 Å². The van der Waals surface area contributed by atoms with E-state index in [2.05, 4.69) is 200 Å². The van der Waals surface area contributed by atoms with E-state index in [-0.39, 0.29) is 46.5 Å². The van der Waals surface area contributed by atoms with E-state index >= 15 is 0 Å². The van der Waals surface area contributed by atoms with Crippen LogP contribution in [0.25, 0.3) is 11.1 Å². The van der Waals surface area contributed by atoms with Crippen molar-refractivity contribution in [2.75, 3.05) is 0 Å². The molecule has 4 aromatic rings. The Morgan fingerprint density at radius 2 is 1.12 bits per heavy atom. The van der Waals surface area contributed by atoms with Crippen molar-refractivity contribution in [3.63, 3.8) is 0 Å². The monoisotopic (exact) mass is 940 g/mol. The summed E-state index contributed by atoms with van der Waals surface area (Å²) in [5.74, 6) is 0. The predicted molar refractivity (Wildman–Crippen MR) is 240 cm³/mol. The van der Waals surface area contributed by atoms with Crippen molar-refractivity contribution < 1.29 is 18.3 Å². The molecule has 2 aliphatic rings. The number of halogens is 4. The molecule has 0 fully saturated rings. The Kier molecular flexibility index (Phi) is 11.9. The molecule has 0 nitrogen and oxygen atoms in total. The second kappa shape index (κ2) is 14.3. The van der Waals surface area contributed by atoms with E-state index in [1.807, 2.05) is 0 Å². The van der Waals surface area contributed by atoms with Gasteiger partial charge in [0.05, 0.1) is 0 Å². The molecule has 278 valence electrons. The standard InChI is InChI=1S/C29H41.2C6H4Br.C5H5.CH2.2ClH.Zr/c1-26(2,3)20-14-19-13-18-15-22(27(4,5)6)23(28(7,8)9)17-21(18)25(19)24(16-20)29(10,11)12;2*7-6-4-2-1-3-5-6;1-2-4-5-3-1;;;;/h14,16-17H,13H2,1-12H3;2*2-5H;1-3H,4H2;1H2;2*1H;. The zero-order valence-corrected chi connectivity index (χ0v) is 40.5. The van der Waals surface area contributed by atoms with Gasteiger partial charge in [-0.05, 0) is 0 Å². The molecule has 0 atom stereocenters. The third kappa shape index (κ3) is 7.00. The second-order valence-electron chi connectivity index (χ2n) is 19.2. The molecule has 2 aliphatic carbocycles. The van der Waals surface area contributed by atoms with Crippen LogP contribution in [0.2, 0.25) is 0 Å². The van der Waals surface area contributed by atoms with Crippen LogP contribution in [0.1, 0.15) is 123 Å². The van der Waals surface area contributed by atoms with Crippen molar-refractivity contribution in [3.05, 3.63) is 131 Å².